The van der Waals surface area contributed by atoms with Gasteiger partial charge in [-0.2, -0.15) is 0 Å². The van der Waals surface area contributed by atoms with Crippen LogP contribution in [0.5, 0.6) is 0 Å². The summed E-state index contributed by atoms with van der Waals surface area (Å²) < 4.78 is 12.7. The van der Waals surface area contributed by atoms with E-state index in [-0.39, 0.29) is 11.7 Å². The molecule has 0 aromatic heterocycles. The third-order valence-electron chi connectivity index (χ3n) is 2.50. The maximum Gasteiger partial charge on any atom is 0.251 e. The number of hydrogen-bond acceptors (Lipinski definition) is 1. The highest BCUT2D eigenvalue weighted by atomic mass is 35.5. The lowest BCUT2D eigenvalue weighted by molar-refractivity contribution is 0.0951. The Morgan fingerprint density at radius 3 is 2.44 bits per heavy atom. The highest BCUT2D eigenvalue weighted by molar-refractivity contribution is 6.31. The first-order valence-electron chi connectivity index (χ1n) is 5.44. The monoisotopic (exact) mass is 263 g/mol. The summed E-state index contributed by atoms with van der Waals surface area (Å²) in [7, 11) is 0. The van der Waals surface area contributed by atoms with Crippen LogP contribution in [0, 0.1) is 5.82 Å². The zero-order valence-corrected chi connectivity index (χ0v) is 10.2. The molecule has 0 saturated heterocycles. The van der Waals surface area contributed by atoms with E-state index in [1.807, 2.05) is 18.2 Å². The second-order valence-corrected chi connectivity index (χ2v) is 4.19. The van der Waals surface area contributed by atoms with E-state index in [0.29, 0.717) is 17.1 Å². The lowest BCUT2D eigenvalue weighted by Gasteiger charge is -2.06. The number of hydrogen-bond donors (Lipinski definition) is 1. The summed E-state index contributed by atoms with van der Waals surface area (Å²) in [6.07, 6.45) is 0. The van der Waals surface area contributed by atoms with Crippen molar-refractivity contribution >= 4 is 17.5 Å². The topological polar surface area (TPSA) is 29.1 Å². The fourth-order valence-corrected chi connectivity index (χ4v) is 1.72. The van der Waals surface area contributed by atoms with Crippen LogP contribution < -0.4 is 5.32 Å². The van der Waals surface area contributed by atoms with E-state index in [2.05, 4.69) is 5.32 Å². The molecule has 18 heavy (non-hydrogen) atoms. The molecule has 2 aromatic rings. The molecule has 4 heteroatoms. The van der Waals surface area contributed by atoms with E-state index in [0.717, 1.165) is 5.56 Å². The van der Waals surface area contributed by atoms with Gasteiger partial charge in [-0.05, 0) is 35.9 Å². The zero-order valence-electron chi connectivity index (χ0n) is 9.49. The highest BCUT2D eigenvalue weighted by Crippen LogP contribution is 2.14. The standard InChI is InChI=1S/C14H11ClFNO/c15-13-4-2-1-3-11(13)9-17-14(18)10-5-7-12(16)8-6-10/h1-8H,9H2,(H,17,18). The van der Waals surface area contributed by atoms with Gasteiger partial charge in [0.25, 0.3) is 5.91 Å². The molecule has 0 radical (unpaired) electrons. The molecule has 2 rings (SSSR count). The molecule has 0 spiro atoms. The lowest BCUT2D eigenvalue weighted by Crippen LogP contribution is -2.22. The van der Waals surface area contributed by atoms with E-state index < -0.39 is 0 Å². The molecule has 0 fully saturated rings. The molecule has 0 aliphatic carbocycles. The third-order valence-corrected chi connectivity index (χ3v) is 2.87. The maximum atomic E-state index is 12.7. The zero-order chi connectivity index (χ0) is 13.0. The van der Waals surface area contributed by atoms with Crippen LogP contribution in [0.25, 0.3) is 0 Å². The average Bonchev–Trinajstić information content (AvgIpc) is 2.38. The van der Waals surface area contributed by atoms with Crippen LogP contribution in [0.2, 0.25) is 5.02 Å². The molecule has 0 bridgehead atoms. The van der Waals surface area contributed by atoms with Gasteiger partial charge in [-0.1, -0.05) is 29.8 Å². The van der Waals surface area contributed by atoms with Crippen molar-refractivity contribution in [3.8, 4) is 0 Å². The SMILES string of the molecule is O=C(NCc1ccccc1Cl)c1ccc(F)cc1. The first kappa shape index (κ1) is 12.6. The van der Waals surface area contributed by atoms with Crippen LogP contribution in [0.3, 0.4) is 0 Å². The summed E-state index contributed by atoms with van der Waals surface area (Å²) in [6.45, 7) is 0.343. The van der Waals surface area contributed by atoms with Crippen molar-refractivity contribution in [1.82, 2.24) is 5.32 Å². The van der Waals surface area contributed by atoms with Gasteiger partial charge >= 0.3 is 0 Å². The van der Waals surface area contributed by atoms with Gasteiger partial charge in [0, 0.05) is 17.1 Å². The van der Waals surface area contributed by atoms with Crippen molar-refractivity contribution in [3.63, 3.8) is 0 Å². The molecule has 0 saturated carbocycles. The Balaban J connectivity index is 2.01. The molecule has 2 nitrogen and oxygen atoms in total. The number of benzene rings is 2. The second kappa shape index (κ2) is 5.65. The van der Waals surface area contributed by atoms with Crippen LogP contribution in [-0.4, -0.2) is 5.91 Å². The minimum atomic E-state index is -0.363. The summed E-state index contributed by atoms with van der Waals surface area (Å²) >= 11 is 5.97. The predicted octanol–water partition coefficient (Wildman–Crippen LogP) is 3.41. The Kier molecular flexibility index (Phi) is 3.95. The molecule has 0 aliphatic rings. The van der Waals surface area contributed by atoms with Crippen molar-refractivity contribution < 1.29 is 9.18 Å². The fraction of sp³-hybridized carbons (Fsp3) is 0.0714. The number of carbonyl (C=O) groups is 1. The molecule has 0 atom stereocenters. The van der Waals surface area contributed by atoms with Gasteiger partial charge in [0.1, 0.15) is 5.82 Å². The molecule has 92 valence electrons. The smallest absolute Gasteiger partial charge is 0.251 e. The minimum absolute atomic E-state index is 0.255. The first-order chi connectivity index (χ1) is 8.66. The Labute approximate surface area is 109 Å². The number of carbonyl (C=O) groups excluding carboxylic acids is 1. The summed E-state index contributed by atoms with van der Waals surface area (Å²) in [6, 6.07) is 12.7. The Hall–Kier alpha value is -1.87. The van der Waals surface area contributed by atoms with E-state index in [9.17, 15) is 9.18 Å². The summed E-state index contributed by atoms with van der Waals surface area (Å²) in [5.41, 5.74) is 1.26. The second-order valence-electron chi connectivity index (χ2n) is 3.78. The van der Waals surface area contributed by atoms with Gasteiger partial charge in [0.15, 0.2) is 0 Å². The maximum absolute atomic E-state index is 12.7. The van der Waals surface area contributed by atoms with Gasteiger partial charge in [-0.15, -0.1) is 0 Å². The van der Waals surface area contributed by atoms with Crippen molar-refractivity contribution in [2.75, 3.05) is 0 Å². The van der Waals surface area contributed by atoms with Gasteiger partial charge < -0.3 is 5.32 Å². The summed E-state index contributed by atoms with van der Waals surface area (Å²) in [5, 5.41) is 3.34. The van der Waals surface area contributed by atoms with Crippen LogP contribution in [0.15, 0.2) is 48.5 Å². The molecule has 0 heterocycles. The molecule has 0 unspecified atom stereocenters. The average molecular weight is 264 g/mol. The summed E-state index contributed by atoms with van der Waals surface area (Å²) in [4.78, 5) is 11.8. The van der Waals surface area contributed by atoms with Gasteiger partial charge in [-0.25, -0.2) is 4.39 Å². The number of amides is 1. The lowest BCUT2D eigenvalue weighted by atomic mass is 10.2. The van der Waals surface area contributed by atoms with Crippen molar-refractivity contribution in [3.05, 3.63) is 70.5 Å². The highest BCUT2D eigenvalue weighted by Gasteiger charge is 2.06. The Morgan fingerprint density at radius 2 is 1.78 bits per heavy atom. The van der Waals surface area contributed by atoms with E-state index in [1.54, 1.807) is 6.07 Å². The van der Waals surface area contributed by atoms with Crippen LogP contribution in [0.4, 0.5) is 4.39 Å². The predicted molar refractivity (Wildman–Crippen MR) is 69.0 cm³/mol. The van der Waals surface area contributed by atoms with Crippen LogP contribution >= 0.6 is 11.6 Å². The first-order valence-corrected chi connectivity index (χ1v) is 5.82. The normalized spacial score (nSPS) is 10.1. The molecular weight excluding hydrogens is 253 g/mol. The Morgan fingerprint density at radius 1 is 1.11 bits per heavy atom. The number of nitrogens with one attached hydrogen (secondary N) is 1. The molecular formula is C14H11ClFNO. The van der Waals surface area contributed by atoms with E-state index in [4.69, 9.17) is 11.6 Å². The molecule has 1 amide bonds. The molecule has 2 aromatic carbocycles. The van der Waals surface area contributed by atoms with Gasteiger partial charge in [-0.3, -0.25) is 4.79 Å². The van der Waals surface area contributed by atoms with Crippen LogP contribution in [0.1, 0.15) is 15.9 Å². The largest absolute Gasteiger partial charge is 0.348 e. The minimum Gasteiger partial charge on any atom is -0.348 e. The molecule has 1 N–H and O–H groups in total. The number of rotatable bonds is 3. The van der Waals surface area contributed by atoms with Gasteiger partial charge in [0.05, 0.1) is 0 Å². The third kappa shape index (κ3) is 3.08. The van der Waals surface area contributed by atoms with Crippen molar-refractivity contribution in [2.24, 2.45) is 0 Å². The number of halogens is 2. The molecule has 0 aliphatic heterocycles. The van der Waals surface area contributed by atoms with Crippen molar-refractivity contribution in [1.29, 1.82) is 0 Å². The van der Waals surface area contributed by atoms with Gasteiger partial charge in [0.2, 0.25) is 0 Å². The fourth-order valence-electron chi connectivity index (χ4n) is 1.52. The van der Waals surface area contributed by atoms with Crippen molar-refractivity contribution in [2.45, 2.75) is 6.54 Å². The van der Waals surface area contributed by atoms with E-state index >= 15 is 0 Å². The summed E-state index contributed by atoms with van der Waals surface area (Å²) in [5.74, 6) is -0.618. The quantitative estimate of drug-likeness (QED) is 0.903. The Bertz CT molecular complexity index is 554. The van der Waals surface area contributed by atoms with Crippen LogP contribution in [-0.2, 0) is 6.54 Å². The van der Waals surface area contributed by atoms with E-state index in [1.165, 1.54) is 24.3 Å².